The van der Waals surface area contributed by atoms with E-state index in [2.05, 4.69) is 11.9 Å². The summed E-state index contributed by atoms with van der Waals surface area (Å²) in [5.74, 6) is 0.539. The van der Waals surface area contributed by atoms with Crippen molar-refractivity contribution in [3.05, 3.63) is 41.8 Å². The zero-order valence-electron chi connectivity index (χ0n) is 15.9. The molecular weight excluding hydrogens is 360 g/mol. The molecule has 1 atom stereocenters. The van der Waals surface area contributed by atoms with Gasteiger partial charge in [-0.25, -0.2) is 0 Å². The minimum Gasteiger partial charge on any atom is -0.489 e. The van der Waals surface area contributed by atoms with Crippen LogP contribution < -0.4 is 10.1 Å². The Bertz CT molecular complexity index is 843. The number of nitrogens with zero attached hydrogens (tertiary/aromatic N) is 1. The number of thiophene rings is 1. The summed E-state index contributed by atoms with van der Waals surface area (Å²) in [6.07, 6.45) is 3.35. The van der Waals surface area contributed by atoms with E-state index < -0.39 is 0 Å². The summed E-state index contributed by atoms with van der Waals surface area (Å²) in [5, 5.41) is 5.96. The highest BCUT2D eigenvalue weighted by molar-refractivity contribution is 7.17. The van der Waals surface area contributed by atoms with Crippen LogP contribution in [0.25, 0.3) is 10.1 Å². The molecule has 1 fully saturated rings. The van der Waals surface area contributed by atoms with Crippen LogP contribution in [-0.2, 0) is 4.79 Å². The van der Waals surface area contributed by atoms with Crippen LogP contribution in [0.5, 0.6) is 5.75 Å². The maximum atomic E-state index is 13.1. The van der Waals surface area contributed by atoms with Gasteiger partial charge in [0.1, 0.15) is 12.4 Å². The summed E-state index contributed by atoms with van der Waals surface area (Å²) >= 11 is 1.58. The molecule has 0 spiro atoms. The summed E-state index contributed by atoms with van der Waals surface area (Å²) in [6.45, 7) is 9.11. The molecular formula is C21H26N2O3S. The maximum absolute atomic E-state index is 13.1. The second-order valence-electron chi connectivity index (χ2n) is 7.16. The molecule has 0 radical (unpaired) electrons. The molecule has 2 heterocycles. The van der Waals surface area contributed by atoms with Crippen molar-refractivity contribution in [2.45, 2.75) is 32.7 Å². The zero-order valence-corrected chi connectivity index (χ0v) is 16.7. The molecule has 5 nitrogen and oxygen atoms in total. The Labute approximate surface area is 164 Å². The highest BCUT2D eigenvalue weighted by Crippen LogP contribution is 2.32. The first-order chi connectivity index (χ1) is 13.0. The Hall–Kier alpha value is -2.34. The average Bonchev–Trinajstić information content (AvgIpc) is 3.13. The molecule has 2 aromatic rings. The number of carbonyl (C=O) groups is 2. The predicted molar refractivity (Wildman–Crippen MR) is 109 cm³/mol. The third kappa shape index (κ3) is 4.50. The van der Waals surface area contributed by atoms with Crippen LogP contribution >= 0.6 is 11.3 Å². The number of amides is 2. The van der Waals surface area contributed by atoms with Gasteiger partial charge < -0.3 is 15.0 Å². The van der Waals surface area contributed by atoms with Crippen molar-refractivity contribution >= 4 is 33.2 Å². The van der Waals surface area contributed by atoms with Crippen molar-refractivity contribution in [3.8, 4) is 5.75 Å². The normalized spacial score (nSPS) is 17.1. The number of fused-ring (bicyclic) bond motifs is 1. The van der Waals surface area contributed by atoms with Gasteiger partial charge >= 0.3 is 0 Å². The summed E-state index contributed by atoms with van der Waals surface area (Å²) in [5.41, 5.74) is 0.605. The van der Waals surface area contributed by atoms with E-state index in [0.717, 1.165) is 22.9 Å². The van der Waals surface area contributed by atoms with E-state index in [1.807, 2.05) is 31.4 Å². The van der Waals surface area contributed by atoms with Gasteiger partial charge in [-0.05, 0) is 50.3 Å². The number of likely N-dealkylation sites (tertiary alicyclic amines) is 1. The number of benzene rings is 1. The van der Waals surface area contributed by atoms with Gasteiger partial charge in [0.25, 0.3) is 5.91 Å². The summed E-state index contributed by atoms with van der Waals surface area (Å²) in [4.78, 5) is 27.2. The topological polar surface area (TPSA) is 58.6 Å². The lowest BCUT2D eigenvalue weighted by molar-refractivity contribution is -0.126. The molecule has 3 rings (SSSR count). The van der Waals surface area contributed by atoms with Crippen molar-refractivity contribution < 1.29 is 14.3 Å². The largest absolute Gasteiger partial charge is 0.489 e. The monoisotopic (exact) mass is 386 g/mol. The van der Waals surface area contributed by atoms with Gasteiger partial charge in [-0.2, -0.15) is 0 Å². The molecule has 2 amide bonds. The van der Waals surface area contributed by atoms with E-state index in [-0.39, 0.29) is 23.8 Å². The average molecular weight is 387 g/mol. The van der Waals surface area contributed by atoms with Crippen molar-refractivity contribution in [1.29, 1.82) is 0 Å². The smallest absolute Gasteiger partial charge is 0.254 e. The van der Waals surface area contributed by atoms with E-state index >= 15 is 0 Å². The molecule has 1 aromatic carbocycles. The van der Waals surface area contributed by atoms with Crippen molar-refractivity contribution in [2.75, 3.05) is 19.7 Å². The number of rotatable bonds is 6. The number of nitrogens with one attached hydrogen (secondary N) is 1. The first-order valence-corrected chi connectivity index (χ1v) is 10.2. The number of piperidine rings is 1. The van der Waals surface area contributed by atoms with Crippen LogP contribution in [0.4, 0.5) is 0 Å². The SMILES string of the molecule is C=CCOc1cc(C(=O)N2CCCC(C(=O)NC(C)C)C2)cc2sccc12. The third-order valence-corrected chi connectivity index (χ3v) is 5.51. The second kappa shape index (κ2) is 8.57. The number of carbonyl (C=O) groups excluding carboxylic acids is 2. The fraction of sp³-hybridized carbons (Fsp3) is 0.429. The molecule has 144 valence electrons. The van der Waals surface area contributed by atoms with E-state index in [0.29, 0.717) is 31.0 Å². The lowest BCUT2D eigenvalue weighted by Crippen LogP contribution is -2.46. The van der Waals surface area contributed by atoms with E-state index in [1.54, 1.807) is 28.4 Å². The first kappa shape index (κ1) is 19.4. The number of hydrogen-bond donors (Lipinski definition) is 1. The molecule has 0 saturated carbocycles. The first-order valence-electron chi connectivity index (χ1n) is 9.34. The molecule has 1 unspecified atom stereocenters. The Morgan fingerprint density at radius 1 is 1.44 bits per heavy atom. The van der Waals surface area contributed by atoms with E-state index in [9.17, 15) is 9.59 Å². The lowest BCUT2D eigenvalue weighted by atomic mass is 9.96. The standard InChI is InChI=1S/C21H26N2O3S/c1-4-9-26-18-11-16(12-19-17(18)7-10-27-19)21(25)23-8-5-6-15(13-23)20(24)22-14(2)3/h4,7,10-12,14-15H,1,5-6,8-9,13H2,2-3H3,(H,22,24). The van der Waals surface area contributed by atoms with Crippen molar-refractivity contribution in [2.24, 2.45) is 5.92 Å². The highest BCUT2D eigenvalue weighted by atomic mass is 32.1. The molecule has 1 saturated heterocycles. The van der Waals surface area contributed by atoms with Crippen LogP contribution in [0.2, 0.25) is 0 Å². The summed E-state index contributed by atoms with van der Waals surface area (Å²) in [6, 6.07) is 5.83. The van der Waals surface area contributed by atoms with Crippen LogP contribution in [-0.4, -0.2) is 42.5 Å². The van der Waals surface area contributed by atoms with E-state index in [1.165, 1.54) is 0 Å². The van der Waals surface area contributed by atoms with Crippen LogP contribution in [0, 0.1) is 5.92 Å². The number of ether oxygens (including phenoxy) is 1. The lowest BCUT2D eigenvalue weighted by Gasteiger charge is -2.32. The molecule has 1 aromatic heterocycles. The van der Waals surface area contributed by atoms with Crippen molar-refractivity contribution in [1.82, 2.24) is 10.2 Å². The van der Waals surface area contributed by atoms with Gasteiger partial charge in [0.2, 0.25) is 5.91 Å². The van der Waals surface area contributed by atoms with Crippen LogP contribution in [0.1, 0.15) is 37.0 Å². The Morgan fingerprint density at radius 2 is 2.26 bits per heavy atom. The fourth-order valence-corrected chi connectivity index (χ4v) is 4.23. The van der Waals surface area contributed by atoms with Gasteiger partial charge in [0.05, 0.1) is 5.92 Å². The fourth-order valence-electron chi connectivity index (χ4n) is 3.39. The van der Waals surface area contributed by atoms with Crippen LogP contribution in [0.15, 0.2) is 36.2 Å². The predicted octanol–water partition coefficient (Wildman–Crippen LogP) is 3.84. The minimum absolute atomic E-state index is 0.0335. The Balaban J connectivity index is 1.80. The summed E-state index contributed by atoms with van der Waals surface area (Å²) < 4.78 is 6.78. The molecule has 0 bridgehead atoms. The molecule has 1 N–H and O–H groups in total. The van der Waals surface area contributed by atoms with E-state index in [4.69, 9.17) is 4.74 Å². The zero-order chi connectivity index (χ0) is 19.4. The molecule has 1 aliphatic rings. The quantitative estimate of drug-likeness (QED) is 0.768. The number of hydrogen-bond acceptors (Lipinski definition) is 4. The Morgan fingerprint density at radius 3 is 3.00 bits per heavy atom. The van der Waals surface area contributed by atoms with Crippen LogP contribution in [0.3, 0.4) is 0 Å². The third-order valence-electron chi connectivity index (χ3n) is 4.65. The highest BCUT2D eigenvalue weighted by Gasteiger charge is 2.29. The molecule has 0 aliphatic carbocycles. The van der Waals surface area contributed by atoms with Gasteiger partial charge in [-0.1, -0.05) is 12.7 Å². The molecule has 27 heavy (non-hydrogen) atoms. The second-order valence-corrected chi connectivity index (χ2v) is 8.11. The van der Waals surface area contributed by atoms with Gasteiger partial charge in [-0.3, -0.25) is 9.59 Å². The summed E-state index contributed by atoms with van der Waals surface area (Å²) in [7, 11) is 0. The minimum atomic E-state index is -0.146. The molecule has 1 aliphatic heterocycles. The van der Waals surface area contributed by atoms with Gasteiger partial charge in [0, 0.05) is 34.8 Å². The Kier molecular flexibility index (Phi) is 6.16. The van der Waals surface area contributed by atoms with Crippen molar-refractivity contribution in [3.63, 3.8) is 0 Å². The maximum Gasteiger partial charge on any atom is 0.254 e. The van der Waals surface area contributed by atoms with Gasteiger partial charge in [-0.15, -0.1) is 11.3 Å². The van der Waals surface area contributed by atoms with Gasteiger partial charge in [0.15, 0.2) is 0 Å². The molecule has 6 heteroatoms.